The van der Waals surface area contributed by atoms with Crippen LogP contribution >= 0.6 is 0 Å². The van der Waals surface area contributed by atoms with Gasteiger partial charge in [-0.3, -0.25) is 9.78 Å². The molecule has 1 rings (SSSR count). The molecule has 0 spiro atoms. The van der Waals surface area contributed by atoms with E-state index in [0.29, 0.717) is 17.5 Å². The molecule has 0 saturated heterocycles. The van der Waals surface area contributed by atoms with Gasteiger partial charge in [0.2, 0.25) is 0 Å². The largest absolute Gasteiger partial charge is 0.465 e. The second kappa shape index (κ2) is 4.20. The molecule has 2 N–H and O–H groups in total. The number of nitrogens with zero attached hydrogens (tertiary/aromatic N) is 1. The summed E-state index contributed by atoms with van der Waals surface area (Å²) in [5.74, 6) is 0. The van der Waals surface area contributed by atoms with E-state index in [4.69, 9.17) is 5.11 Å². The highest BCUT2D eigenvalue weighted by Crippen LogP contribution is 1.96. The Balaban J connectivity index is 2.59. The van der Waals surface area contributed by atoms with Gasteiger partial charge in [0.1, 0.15) is 0 Å². The van der Waals surface area contributed by atoms with Crippen LogP contribution < -0.4 is 5.32 Å². The Morgan fingerprint density at radius 2 is 2.38 bits per heavy atom. The summed E-state index contributed by atoms with van der Waals surface area (Å²) < 4.78 is 0. The summed E-state index contributed by atoms with van der Waals surface area (Å²) in [6.07, 6.45) is 0.981. The van der Waals surface area contributed by atoms with Gasteiger partial charge < -0.3 is 10.4 Å². The quantitative estimate of drug-likeness (QED) is 0.669. The van der Waals surface area contributed by atoms with Crippen LogP contribution in [-0.4, -0.2) is 22.5 Å². The molecule has 5 nitrogen and oxygen atoms in total. The van der Waals surface area contributed by atoms with Crippen LogP contribution in [-0.2, 0) is 6.54 Å². The van der Waals surface area contributed by atoms with Gasteiger partial charge >= 0.3 is 6.09 Å². The smallest absolute Gasteiger partial charge is 0.404 e. The lowest BCUT2D eigenvalue weighted by molar-refractivity contribution is 0.112. The second-order valence-corrected chi connectivity index (χ2v) is 2.36. The van der Waals surface area contributed by atoms with Crippen molar-refractivity contribution in [2.45, 2.75) is 6.54 Å². The first kappa shape index (κ1) is 9.18. The molecule has 0 aliphatic heterocycles. The van der Waals surface area contributed by atoms with Crippen molar-refractivity contribution in [3.63, 3.8) is 0 Å². The third-order valence-electron chi connectivity index (χ3n) is 1.40. The van der Waals surface area contributed by atoms with Gasteiger partial charge in [-0.15, -0.1) is 0 Å². The summed E-state index contributed by atoms with van der Waals surface area (Å²) in [5, 5.41) is 10.4. The molecule has 0 saturated carbocycles. The van der Waals surface area contributed by atoms with Crippen molar-refractivity contribution in [2.24, 2.45) is 0 Å². The van der Waals surface area contributed by atoms with E-state index in [0.717, 1.165) is 0 Å². The molecular formula is C8H8N2O3. The summed E-state index contributed by atoms with van der Waals surface area (Å²) >= 11 is 0. The van der Waals surface area contributed by atoms with Crippen molar-refractivity contribution in [3.8, 4) is 0 Å². The fourth-order valence-electron chi connectivity index (χ4n) is 0.776. The number of carbonyl (C=O) groups excluding carboxylic acids is 1. The number of nitrogens with one attached hydrogen (secondary N) is 1. The van der Waals surface area contributed by atoms with Gasteiger partial charge in [-0.25, -0.2) is 4.79 Å². The molecule has 1 aromatic rings. The lowest BCUT2D eigenvalue weighted by atomic mass is 10.3. The summed E-state index contributed by atoms with van der Waals surface area (Å²) in [5.41, 5.74) is 1.05. The Morgan fingerprint density at radius 1 is 1.62 bits per heavy atom. The first-order valence-corrected chi connectivity index (χ1v) is 3.59. The molecule has 1 aromatic heterocycles. The molecule has 0 bridgehead atoms. The third kappa shape index (κ3) is 2.90. The van der Waals surface area contributed by atoms with Crippen molar-refractivity contribution < 1.29 is 14.7 Å². The van der Waals surface area contributed by atoms with E-state index in [1.165, 1.54) is 6.20 Å². The van der Waals surface area contributed by atoms with Crippen LogP contribution in [0, 0.1) is 0 Å². The standard InChI is InChI=1S/C8H8N2O3/c11-5-6-1-2-7(9-3-6)4-10-8(12)13/h1-3,5,10H,4H2,(H,12,13). The zero-order valence-corrected chi connectivity index (χ0v) is 6.73. The van der Waals surface area contributed by atoms with Crippen LogP contribution in [0.15, 0.2) is 18.3 Å². The Morgan fingerprint density at radius 3 is 2.85 bits per heavy atom. The minimum absolute atomic E-state index is 0.147. The van der Waals surface area contributed by atoms with Crippen molar-refractivity contribution in [2.75, 3.05) is 0 Å². The number of hydrogen-bond donors (Lipinski definition) is 2. The van der Waals surface area contributed by atoms with E-state index in [1.54, 1.807) is 12.1 Å². The molecule has 0 aliphatic rings. The number of carbonyl (C=O) groups is 2. The monoisotopic (exact) mass is 180 g/mol. The molecule has 0 unspecified atom stereocenters. The van der Waals surface area contributed by atoms with E-state index in [2.05, 4.69) is 10.3 Å². The van der Waals surface area contributed by atoms with Crippen LogP contribution in [0.3, 0.4) is 0 Å². The molecular weight excluding hydrogens is 172 g/mol. The molecule has 0 radical (unpaired) electrons. The number of aromatic nitrogens is 1. The third-order valence-corrected chi connectivity index (χ3v) is 1.40. The number of aldehydes is 1. The SMILES string of the molecule is O=Cc1ccc(CNC(=O)O)nc1. The maximum Gasteiger partial charge on any atom is 0.404 e. The molecule has 0 atom stereocenters. The van der Waals surface area contributed by atoms with Crippen LogP contribution in [0.5, 0.6) is 0 Å². The summed E-state index contributed by atoms with van der Waals surface area (Å²) in [7, 11) is 0. The summed E-state index contributed by atoms with van der Waals surface area (Å²) in [6.45, 7) is 0.147. The van der Waals surface area contributed by atoms with Gasteiger partial charge in [0.05, 0.1) is 12.2 Å². The van der Waals surface area contributed by atoms with Crippen LogP contribution in [0.2, 0.25) is 0 Å². The van der Waals surface area contributed by atoms with E-state index in [9.17, 15) is 9.59 Å². The molecule has 1 amide bonds. The predicted octanol–water partition coefficient (Wildman–Crippen LogP) is 0.662. The summed E-state index contributed by atoms with van der Waals surface area (Å²) in [6, 6.07) is 3.18. The van der Waals surface area contributed by atoms with Gasteiger partial charge in [0.25, 0.3) is 0 Å². The number of hydrogen-bond acceptors (Lipinski definition) is 3. The van der Waals surface area contributed by atoms with Gasteiger partial charge in [-0.1, -0.05) is 0 Å². The number of pyridine rings is 1. The highest BCUT2D eigenvalue weighted by molar-refractivity contribution is 5.73. The first-order chi connectivity index (χ1) is 6.22. The Bertz CT molecular complexity index is 308. The molecule has 68 valence electrons. The number of carboxylic acid groups (broad SMARTS) is 1. The Hall–Kier alpha value is -1.91. The van der Waals surface area contributed by atoms with E-state index in [1.807, 2.05) is 0 Å². The number of rotatable bonds is 3. The van der Waals surface area contributed by atoms with Crippen LogP contribution in [0.25, 0.3) is 0 Å². The zero-order chi connectivity index (χ0) is 9.68. The Kier molecular flexibility index (Phi) is 2.97. The van der Waals surface area contributed by atoms with Crippen LogP contribution in [0.4, 0.5) is 4.79 Å². The maximum atomic E-state index is 10.2. The topological polar surface area (TPSA) is 79.3 Å². The van der Waals surface area contributed by atoms with Crippen molar-refractivity contribution >= 4 is 12.4 Å². The molecule has 0 aliphatic carbocycles. The molecule has 5 heteroatoms. The lowest BCUT2D eigenvalue weighted by Crippen LogP contribution is -2.20. The fourth-order valence-corrected chi connectivity index (χ4v) is 0.776. The lowest BCUT2D eigenvalue weighted by Gasteiger charge is -1.99. The number of amides is 1. The normalized spacial score (nSPS) is 9.23. The average molecular weight is 180 g/mol. The van der Waals surface area contributed by atoms with Gasteiger partial charge in [0.15, 0.2) is 6.29 Å². The van der Waals surface area contributed by atoms with E-state index < -0.39 is 6.09 Å². The van der Waals surface area contributed by atoms with Gasteiger partial charge in [-0.05, 0) is 12.1 Å². The second-order valence-electron chi connectivity index (χ2n) is 2.36. The Labute approximate surface area is 74.4 Å². The average Bonchev–Trinajstić information content (AvgIpc) is 2.15. The highest BCUT2D eigenvalue weighted by Gasteiger charge is 1.97. The highest BCUT2D eigenvalue weighted by atomic mass is 16.4. The molecule has 0 aromatic carbocycles. The zero-order valence-electron chi connectivity index (χ0n) is 6.73. The van der Waals surface area contributed by atoms with Crippen molar-refractivity contribution in [3.05, 3.63) is 29.6 Å². The minimum atomic E-state index is -1.10. The molecule has 0 fully saturated rings. The van der Waals surface area contributed by atoms with Gasteiger partial charge in [-0.2, -0.15) is 0 Å². The van der Waals surface area contributed by atoms with Crippen molar-refractivity contribution in [1.82, 2.24) is 10.3 Å². The first-order valence-electron chi connectivity index (χ1n) is 3.59. The summed E-state index contributed by atoms with van der Waals surface area (Å²) in [4.78, 5) is 24.2. The molecule has 13 heavy (non-hydrogen) atoms. The maximum absolute atomic E-state index is 10.2. The molecule has 1 heterocycles. The van der Waals surface area contributed by atoms with E-state index in [-0.39, 0.29) is 6.54 Å². The van der Waals surface area contributed by atoms with Crippen molar-refractivity contribution in [1.29, 1.82) is 0 Å². The minimum Gasteiger partial charge on any atom is -0.465 e. The van der Waals surface area contributed by atoms with Gasteiger partial charge in [0, 0.05) is 11.8 Å². The predicted molar refractivity (Wildman–Crippen MR) is 44.5 cm³/mol. The fraction of sp³-hybridized carbons (Fsp3) is 0.125. The van der Waals surface area contributed by atoms with Crippen LogP contribution in [0.1, 0.15) is 16.1 Å². The van der Waals surface area contributed by atoms with E-state index >= 15 is 0 Å².